The fourth-order valence-corrected chi connectivity index (χ4v) is 3.49. The van der Waals surface area contributed by atoms with Gasteiger partial charge in [0.15, 0.2) is 0 Å². The molecule has 4 heteroatoms. The van der Waals surface area contributed by atoms with E-state index in [1.165, 1.54) is 11.1 Å². The van der Waals surface area contributed by atoms with Crippen LogP contribution in [0.5, 0.6) is 0 Å². The van der Waals surface area contributed by atoms with Crippen molar-refractivity contribution in [2.45, 2.75) is 32.7 Å². The molecular formula is C15H20BrNO2. The zero-order chi connectivity index (χ0) is 14.0. The highest BCUT2D eigenvalue weighted by atomic mass is 79.9. The Morgan fingerprint density at radius 1 is 1.53 bits per heavy atom. The zero-order valence-corrected chi connectivity index (χ0v) is 13.0. The van der Waals surface area contributed by atoms with Crippen molar-refractivity contribution in [2.24, 2.45) is 5.92 Å². The normalized spacial score (nSPS) is 18.1. The molecule has 2 rings (SSSR count). The molecule has 0 saturated carbocycles. The minimum Gasteiger partial charge on any atom is -0.480 e. The van der Waals surface area contributed by atoms with E-state index in [1.807, 2.05) is 6.07 Å². The number of benzene rings is 1. The van der Waals surface area contributed by atoms with Crippen LogP contribution in [0.25, 0.3) is 0 Å². The molecule has 0 radical (unpaired) electrons. The summed E-state index contributed by atoms with van der Waals surface area (Å²) in [6, 6.07) is 6.47. The number of fused-ring (bicyclic) bond motifs is 1. The molecule has 1 aliphatic rings. The summed E-state index contributed by atoms with van der Waals surface area (Å²) in [6.07, 6.45) is 2.04. The number of halogens is 1. The fraction of sp³-hybridized carbons (Fsp3) is 0.533. The van der Waals surface area contributed by atoms with Crippen molar-refractivity contribution >= 4 is 21.9 Å². The molecular weight excluding hydrogens is 306 g/mol. The number of carbonyl (C=O) groups is 1. The molecule has 1 atom stereocenters. The lowest BCUT2D eigenvalue weighted by atomic mass is 10.1. The van der Waals surface area contributed by atoms with Crippen molar-refractivity contribution in [1.82, 2.24) is 4.90 Å². The van der Waals surface area contributed by atoms with Crippen molar-refractivity contribution < 1.29 is 9.90 Å². The first-order chi connectivity index (χ1) is 8.99. The number of hydrogen-bond donors (Lipinski definition) is 1. The maximum atomic E-state index is 11.1. The summed E-state index contributed by atoms with van der Waals surface area (Å²) < 4.78 is 1.15. The third-order valence-corrected chi connectivity index (χ3v) is 4.30. The number of hydrogen-bond acceptors (Lipinski definition) is 2. The molecule has 0 fully saturated rings. The lowest BCUT2D eigenvalue weighted by molar-refractivity contribution is -0.139. The molecule has 19 heavy (non-hydrogen) atoms. The maximum Gasteiger partial charge on any atom is 0.317 e. The first-order valence-electron chi connectivity index (χ1n) is 6.72. The Hall–Kier alpha value is -0.870. The van der Waals surface area contributed by atoms with Crippen LogP contribution in [0.2, 0.25) is 0 Å². The number of rotatable bonds is 5. The molecule has 3 nitrogen and oxygen atoms in total. The number of carboxylic acid groups (broad SMARTS) is 1. The first-order valence-corrected chi connectivity index (χ1v) is 7.51. The van der Waals surface area contributed by atoms with Crippen LogP contribution in [0.15, 0.2) is 22.7 Å². The summed E-state index contributed by atoms with van der Waals surface area (Å²) in [4.78, 5) is 13.2. The van der Waals surface area contributed by atoms with Gasteiger partial charge in [0.05, 0.1) is 6.54 Å². The third-order valence-electron chi connectivity index (χ3n) is 3.56. The Kier molecular flexibility index (Phi) is 4.63. The van der Waals surface area contributed by atoms with E-state index in [1.54, 1.807) is 0 Å². The summed E-state index contributed by atoms with van der Waals surface area (Å²) in [5.41, 5.74) is 2.63. The minimum atomic E-state index is -0.746. The SMILES string of the molecule is CC(C)CN(CC(=O)O)C1CCc2c(Br)cccc21. The van der Waals surface area contributed by atoms with E-state index in [4.69, 9.17) is 5.11 Å². The maximum absolute atomic E-state index is 11.1. The monoisotopic (exact) mass is 325 g/mol. The van der Waals surface area contributed by atoms with Crippen LogP contribution >= 0.6 is 15.9 Å². The van der Waals surface area contributed by atoms with Crippen LogP contribution in [-0.4, -0.2) is 29.1 Å². The number of nitrogens with zero attached hydrogens (tertiary/aromatic N) is 1. The lowest BCUT2D eigenvalue weighted by Gasteiger charge is -2.29. The minimum absolute atomic E-state index is 0.120. The van der Waals surface area contributed by atoms with Gasteiger partial charge in [0, 0.05) is 17.1 Å². The summed E-state index contributed by atoms with van der Waals surface area (Å²) in [5.74, 6) is -0.278. The molecule has 0 amide bonds. The van der Waals surface area contributed by atoms with Crippen LogP contribution in [-0.2, 0) is 11.2 Å². The van der Waals surface area contributed by atoms with E-state index in [0.717, 1.165) is 23.9 Å². The Morgan fingerprint density at radius 3 is 2.89 bits per heavy atom. The molecule has 0 bridgehead atoms. The van der Waals surface area contributed by atoms with Gasteiger partial charge < -0.3 is 5.11 Å². The van der Waals surface area contributed by atoms with E-state index >= 15 is 0 Å². The standard InChI is InChI=1S/C15H20BrNO2/c1-10(2)8-17(9-15(18)19)14-7-6-11-12(14)4-3-5-13(11)16/h3-5,10,14H,6-9H2,1-2H3,(H,18,19). The van der Waals surface area contributed by atoms with Gasteiger partial charge in [-0.1, -0.05) is 41.9 Å². The number of carboxylic acids is 1. The average Bonchev–Trinajstić information content (AvgIpc) is 2.72. The highest BCUT2D eigenvalue weighted by Gasteiger charge is 2.30. The molecule has 0 aliphatic heterocycles. The van der Waals surface area contributed by atoms with Gasteiger partial charge in [-0.05, 0) is 36.0 Å². The number of aliphatic carboxylic acids is 1. The van der Waals surface area contributed by atoms with Gasteiger partial charge in [0.1, 0.15) is 0 Å². The molecule has 0 aromatic heterocycles. The van der Waals surface area contributed by atoms with Gasteiger partial charge >= 0.3 is 5.97 Å². The second-order valence-corrected chi connectivity index (χ2v) is 6.43. The topological polar surface area (TPSA) is 40.5 Å². The Morgan fingerprint density at radius 2 is 2.26 bits per heavy atom. The highest BCUT2D eigenvalue weighted by Crippen LogP contribution is 2.39. The highest BCUT2D eigenvalue weighted by molar-refractivity contribution is 9.10. The van der Waals surface area contributed by atoms with E-state index in [0.29, 0.717) is 5.92 Å². The second-order valence-electron chi connectivity index (χ2n) is 5.58. The van der Waals surface area contributed by atoms with E-state index < -0.39 is 5.97 Å². The zero-order valence-electron chi connectivity index (χ0n) is 11.4. The van der Waals surface area contributed by atoms with Gasteiger partial charge in [0.2, 0.25) is 0 Å². The predicted molar refractivity (Wildman–Crippen MR) is 79.3 cm³/mol. The Bertz CT molecular complexity index is 473. The fourth-order valence-electron chi connectivity index (χ4n) is 2.91. The average molecular weight is 326 g/mol. The van der Waals surface area contributed by atoms with Gasteiger partial charge in [-0.2, -0.15) is 0 Å². The molecule has 1 aromatic rings. The molecule has 1 N–H and O–H groups in total. The van der Waals surface area contributed by atoms with Crippen molar-refractivity contribution in [3.63, 3.8) is 0 Å². The molecule has 1 unspecified atom stereocenters. The van der Waals surface area contributed by atoms with Crippen LogP contribution in [0.1, 0.15) is 37.4 Å². The van der Waals surface area contributed by atoms with E-state index in [-0.39, 0.29) is 12.6 Å². The van der Waals surface area contributed by atoms with Crippen LogP contribution in [0.4, 0.5) is 0 Å². The molecule has 1 aliphatic carbocycles. The summed E-state index contributed by atoms with van der Waals surface area (Å²) >= 11 is 3.59. The van der Waals surface area contributed by atoms with Crippen LogP contribution in [0, 0.1) is 5.92 Å². The van der Waals surface area contributed by atoms with Gasteiger partial charge in [-0.15, -0.1) is 0 Å². The van der Waals surface area contributed by atoms with Crippen LogP contribution in [0.3, 0.4) is 0 Å². The summed E-state index contributed by atoms with van der Waals surface area (Å²) in [6.45, 7) is 5.20. The predicted octanol–water partition coefficient (Wildman–Crippen LogP) is 3.48. The second kappa shape index (κ2) is 6.06. The largest absolute Gasteiger partial charge is 0.480 e. The summed E-state index contributed by atoms with van der Waals surface area (Å²) in [7, 11) is 0. The smallest absolute Gasteiger partial charge is 0.317 e. The summed E-state index contributed by atoms with van der Waals surface area (Å²) in [5, 5.41) is 9.11. The van der Waals surface area contributed by atoms with Crippen molar-refractivity contribution in [3.8, 4) is 0 Å². The van der Waals surface area contributed by atoms with Crippen LogP contribution < -0.4 is 0 Å². The lowest BCUT2D eigenvalue weighted by Crippen LogP contribution is -2.35. The Balaban J connectivity index is 2.25. The quantitative estimate of drug-likeness (QED) is 0.901. The van der Waals surface area contributed by atoms with E-state index in [2.05, 4.69) is 46.8 Å². The third kappa shape index (κ3) is 3.37. The molecule has 104 valence electrons. The van der Waals surface area contributed by atoms with Crippen molar-refractivity contribution in [3.05, 3.63) is 33.8 Å². The van der Waals surface area contributed by atoms with E-state index in [9.17, 15) is 4.79 Å². The molecule has 1 aromatic carbocycles. The first kappa shape index (κ1) is 14.5. The Labute approximate surface area is 122 Å². The molecule has 0 heterocycles. The van der Waals surface area contributed by atoms with Gasteiger partial charge in [-0.25, -0.2) is 0 Å². The van der Waals surface area contributed by atoms with Gasteiger partial charge in [0.25, 0.3) is 0 Å². The van der Waals surface area contributed by atoms with Crippen molar-refractivity contribution in [2.75, 3.05) is 13.1 Å². The van der Waals surface area contributed by atoms with Gasteiger partial charge in [-0.3, -0.25) is 9.69 Å². The molecule has 0 spiro atoms. The molecule has 0 saturated heterocycles. The van der Waals surface area contributed by atoms with Crippen molar-refractivity contribution in [1.29, 1.82) is 0 Å².